The molecule has 3 rings (SSSR count). The first-order valence-electron chi connectivity index (χ1n) is 10.3. The largest absolute Gasteiger partial charge is 0.395 e. The molecule has 0 aromatic heterocycles. The number of aliphatic hydroxyl groups excluding tert-OH is 1. The van der Waals surface area contributed by atoms with E-state index in [1.165, 1.54) is 31.9 Å². The summed E-state index contributed by atoms with van der Waals surface area (Å²) in [5, 5.41) is 14.3. The quantitative estimate of drug-likeness (QED) is 0.580. The van der Waals surface area contributed by atoms with Gasteiger partial charge in [0.25, 0.3) is 5.91 Å². The predicted molar refractivity (Wildman–Crippen MR) is 104 cm³/mol. The van der Waals surface area contributed by atoms with E-state index in [0.717, 1.165) is 19.4 Å². The molecule has 1 heterocycles. The molecule has 1 aliphatic carbocycles. The molecular weight excluding hydrogens is 380 g/mol. The van der Waals surface area contributed by atoms with Crippen LogP contribution in [0.5, 0.6) is 0 Å². The molecule has 1 saturated carbocycles. The van der Waals surface area contributed by atoms with Gasteiger partial charge in [-0.15, -0.1) is 0 Å². The summed E-state index contributed by atoms with van der Waals surface area (Å²) in [6.07, 6.45) is 4.37. The molecule has 1 saturated heterocycles. The van der Waals surface area contributed by atoms with Gasteiger partial charge in [-0.25, -0.2) is 8.78 Å². The van der Waals surface area contributed by atoms with Gasteiger partial charge in [-0.1, -0.05) is 6.07 Å². The summed E-state index contributed by atoms with van der Waals surface area (Å²) in [4.78, 5) is 26.7. The molecule has 2 aliphatic rings. The summed E-state index contributed by atoms with van der Waals surface area (Å²) < 4.78 is 27.8. The van der Waals surface area contributed by atoms with Crippen molar-refractivity contribution in [3.8, 4) is 0 Å². The fourth-order valence-electron chi connectivity index (χ4n) is 3.96. The third kappa shape index (κ3) is 5.51. The molecule has 2 fully saturated rings. The van der Waals surface area contributed by atoms with Gasteiger partial charge in [-0.2, -0.15) is 0 Å². The summed E-state index contributed by atoms with van der Waals surface area (Å²) in [7, 11) is 0. The van der Waals surface area contributed by atoms with Gasteiger partial charge in [-0.05, 0) is 50.2 Å². The fourth-order valence-corrected chi connectivity index (χ4v) is 3.96. The normalized spacial score (nSPS) is 21.9. The number of aliphatic hydroxyl groups is 1. The van der Waals surface area contributed by atoms with Gasteiger partial charge in [0.15, 0.2) is 11.6 Å². The maximum atomic E-state index is 14.1. The number of nitrogens with one attached hydrogen (secondary N) is 2. The molecule has 160 valence electrons. The van der Waals surface area contributed by atoms with E-state index in [-0.39, 0.29) is 42.3 Å². The Hall–Kier alpha value is -2.06. The van der Waals surface area contributed by atoms with Crippen molar-refractivity contribution in [2.45, 2.75) is 51.1 Å². The minimum Gasteiger partial charge on any atom is -0.395 e. The molecule has 6 nitrogen and oxygen atoms in total. The lowest BCUT2D eigenvalue weighted by atomic mass is 10.1. The number of nitrogens with zero attached hydrogens (tertiary/aromatic N) is 1. The van der Waals surface area contributed by atoms with E-state index in [1.54, 1.807) is 0 Å². The van der Waals surface area contributed by atoms with Crippen LogP contribution in [0, 0.1) is 24.5 Å². The Labute approximate surface area is 169 Å². The number of aryl methyl sites for hydroxylation is 1. The van der Waals surface area contributed by atoms with Crippen LogP contribution < -0.4 is 10.6 Å². The van der Waals surface area contributed by atoms with Crippen LogP contribution in [0.25, 0.3) is 0 Å². The lowest BCUT2D eigenvalue weighted by molar-refractivity contribution is -0.122. The molecule has 1 aromatic rings. The number of hydrogen-bond donors (Lipinski definition) is 3. The fraction of sp³-hybridized carbons (Fsp3) is 0.619. The van der Waals surface area contributed by atoms with Crippen molar-refractivity contribution >= 4 is 11.8 Å². The average molecular weight is 409 g/mol. The van der Waals surface area contributed by atoms with E-state index in [4.69, 9.17) is 5.11 Å². The molecule has 0 unspecified atom stereocenters. The van der Waals surface area contributed by atoms with Crippen LogP contribution in [0.2, 0.25) is 0 Å². The van der Waals surface area contributed by atoms with Gasteiger partial charge in [0.05, 0.1) is 12.2 Å². The van der Waals surface area contributed by atoms with E-state index < -0.39 is 17.5 Å². The highest BCUT2D eigenvalue weighted by Crippen LogP contribution is 2.35. The standard InChI is InChI=1S/C21H29F2N3O3/c1-13-2-7-17(20(23)19(13)22)21(29)25-11-16-6-5-15(10-18(28)24-8-9-27)26(16)12-14-3-4-14/h2,7,14-16,27H,3-6,8-12H2,1H3,(H,24,28)(H,25,29)/t15-,16+/m1/s1. The first-order chi connectivity index (χ1) is 13.9. The van der Waals surface area contributed by atoms with Crippen molar-refractivity contribution in [3.05, 3.63) is 34.9 Å². The molecule has 0 radical (unpaired) electrons. The summed E-state index contributed by atoms with van der Waals surface area (Å²) in [6, 6.07) is 2.84. The number of carbonyl (C=O) groups excluding carboxylic acids is 2. The topological polar surface area (TPSA) is 81.7 Å². The maximum Gasteiger partial charge on any atom is 0.254 e. The smallest absolute Gasteiger partial charge is 0.254 e. The average Bonchev–Trinajstić information content (AvgIpc) is 3.45. The van der Waals surface area contributed by atoms with Crippen LogP contribution in [0.4, 0.5) is 8.78 Å². The Morgan fingerprint density at radius 1 is 1.10 bits per heavy atom. The summed E-state index contributed by atoms with van der Waals surface area (Å²) in [6.45, 7) is 2.81. The summed E-state index contributed by atoms with van der Waals surface area (Å²) >= 11 is 0. The monoisotopic (exact) mass is 409 g/mol. The minimum atomic E-state index is -1.12. The van der Waals surface area contributed by atoms with E-state index in [1.807, 2.05) is 0 Å². The van der Waals surface area contributed by atoms with Gasteiger partial charge in [0.2, 0.25) is 5.91 Å². The lowest BCUT2D eigenvalue weighted by Gasteiger charge is -2.30. The van der Waals surface area contributed by atoms with Crippen molar-refractivity contribution in [2.24, 2.45) is 5.92 Å². The van der Waals surface area contributed by atoms with E-state index in [2.05, 4.69) is 15.5 Å². The van der Waals surface area contributed by atoms with E-state index in [9.17, 15) is 18.4 Å². The Morgan fingerprint density at radius 2 is 1.83 bits per heavy atom. The van der Waals surface area contributed by atoms with Crippen molar-refractivity contribution in [3.63, 3.8) is 0 Å². The summed E-state index contributed by atoms with van der Waals surface area (Å²) in [5.74, 6) is -2.22. The third-order valence-corrected chi connectivity index (χ3v) is 5.81. The zero-order chi connectivity index (χ0) is 21.0. The van der Waals surface area contributed by atoms with Crippen molar-refractivity contribution in [2.75, 3.05) is 26.2 Å². The van der Waals surface area contributed by atoms with Crippen LogP contribution in [-0.2, 0) is 4.79 Å². The first kappa shape index (κ1) is 21.6. The molecule has 0 spiro atoms. The van der Waals surface area contributed by atoms with Crippen LogP contribution >= 0.6 is 0 Å². The van der Waals surface area contributed by atoms with E-state index in [0.29, 0.717) is 18.9 Å². The second-order valence-corrected chi connectivity index (χ2v) is 8.07. The highest BCUT2D eigenvalue weighted by Gasteiger charge is 2.38. The first-order valence-corrected chi connectivity index (χ1v) is 10.3. The van der Waals surface area contributed by atoms with Crippen LogP contribution in [0.15, 0.2) is 12.1 Å². The van der Waals surface area contributed by atoms with Gasteiger partial charge in [0.1, 0.15) is 0 Å². The Kier molecular flexibility index (Phi) is 7.18. The number of rotatable bonds is 9. The van der Waals surface area contributed by atoms with Gasteiger partial charge in [0, 0.05) is 38.1 Å². The molecule has 29 heavy (non-hydrogen) atoms. The highest BCUT2D eigenvalue weighted by atomic mass is 19.2. The second kappa shape index (κ2) is 9.63. The minimum absolute atomic E-state index is 0.0635. The number of halogens is 2. The highest BCUT2D eigenvalue weighted by molar-refractivity contribution is 5.94. The van der Waals surface area contributed by atoms with Crippen LogP contribution in [0.1, 0.15) is 48.0 Å². The third-order valence-electron chi connectivity index (χ3n) is 5.81. The summed E-state index contributed by atoms with van der Waals surface area (Å²) in [5.41, 5.74) is -0.132. The van der Waals surface area contributed by atoms with Gasteiger partial charge >= 0.3 is 0 Å². The number of benzene rings is 1. The number of likely N-dealkylation sites (tertiary alicyclic amines) is 1. The number of amides is 2. The molecule has 1 aromatic carbocycles. The Bertz CT molecular complexity index is 755. The molecule has 8 heteroatoms. The van der Waals surface area contributed by atoms with Crippen LogP contribution in [0.3, 0.4) is 0 Å². The van der Waals surface area contributed by atoms with E-state index >= 15 is 0 Å². The van der Waals surface area contributed by atoms with Gasteiger partial charge in [-0.3, -0.25) is 14.5 Å². The lowest BCUT2D eigenvalue weighted by Crippen LogP contribution is -2.45. The molecule has 2 amide bonds. The molecule has 3 N–H and O–H groups in total. The zero-order valence-corrected chi connectivity index (χ0v) is 16.7. The maximum absolute atomic E-state index is 14.1. The van der Waals surface area contributed by atoms with Crippen molar-refractivity contribution in [1.82, 2.24) is 15.5 Å². The Morgan fingerprint density at radius 3 is 2.52 bits per heavy atom. The molecule has 2 atom stereocenters. The SMILES string of the molecule is Cc1ccc(C(=O)NC[C@@H]2CC[C@H](CC(=O)NCCO)N2CC2CC2)c(F)c1F. The predicted octanol–water partition coefficient (Wildman–Crippen LogP) is 1.74. The van der Waals surface area contributed by atoms with Crippen molar-refractivity contribution < 1.29 is 23.5 Å². The number of carbonyl (C=O) groups is 2. The number of hydrogen-bond acceptors (Lipinski definition) is 4. The zero-order valence-electron chi connectivity index (χ0n) is 16.7. The molecule has 1 aliphatic heterocycles. The second-order valence-electron chi connectivity index (χ2n) is 8.07. The molecular formula is C21H29F2N3O3. The van der Waals surface area contributed by atoms with Crippen LogP contribution in [-0.4, -0.2) is 60.1 Å². The van der Waals surface area contributed by atoms with Crippen molar-refractivity contribution in [1.29, 1.82) is 0 Å². The van der Waals surface area contributed by atoms with Gasteiger partial charge < -0.3 is 15.7 Å². The molecule has 0 bridgehead atoms. The Balaban J connectivity index is 1.59.